The third kappa shape index (κ3) is 6.84. The molecule has 6 rings (SSSR count). The highest BCUT2D eigenvalue weighted by molar-refractivity contribution is 6.86. The first-order chi connectivity index (χ1) is 19.8. The predicted molar refractivity (Wildman–Crippen MR) is 184 cm³/mol. The van der Waals surface area contributed by atoms with Gasteiger partial charge < -0.3 is 32.9 Å². The summed E-state index contributed by atoms with van der Waals surface area (Å²) in [5, 5.41) is 0. The molecule has 6 fully saturated rings. The highest BCUT2D eigenvalue weighted by Gasteiger charge is 2.59. The van der Waals surface area contributed by atoms with Gasteiger partial charge in [-0.25, -0.2) is 0 Å². The summed E-state index contributed by atoms with van der Waals surface area (Å²) in [5.41, 5.74) is 1.21. The van der Waals surface area contributed by atoms with E-state index in [1.807, 2.05) is 0 Å². The Morgan fingerprint density at radius 3 is 1.40 bits per heavy atom. The summed E-state index contributed by atoms with van der Waals surface area (Å²) < 4.78 is 53.8. The zero-order valence-electron chi connectivity index (χ0n) is 27.6. The van der Waals surface area contributed by atoms with Crippen LogP contribution in [0.4, 0.5) is 0 Å². The highest BCUT2D eigenvalue weighted by Crippen LogP contribution is 2.61. The fourth-order valence-electron chi connectivity index (χ4n) is 10.6. The number of hydrogen-bond donors (Lipinski definition) is 0. The molecule has 0 aromatic carbocycles. The Hall–Kier alpha value is 1.42. The summed E-state index contributed by atoms with van der Waals surface area (Å²) in [6, 6.07) is 1.07. The summed E-state index contributed by atoms with van der Waals surface area (Å²) in [6.07, 6.45) is 10.5. The van der Waals surface area contributed by atoms with Gasteiger partial charge in [0.1, 0.15) is 0 Å². The van der Waals surface area contributed by atoms with Crippen LogP contribution in [-0.4, -0.2) is 72.1 Å². The smallest absolute Gasteiger partial charge is 0.320 e. The van der Waals surface area contributed by atoms with Gasteiger partial charge in [-0.1, -0.05) is 13.3 Å². The van der Waals surface area contributed by atoms with Gasteiger partial charge in [0, 0.05) is 11.1 Å². The lowest BCUT2D eigenvalue weighted by Gasteiger charge is -2.46. The quantitative estimate of drug-likeness (QED) is 0.345. The average Bonchev–Trinajstić information content (AvgIpc) is 3.65. The maximum Gasteiger partial charge on any atom is 0.320 e. The van der Waals surface area contributed by atoms with Crippen LogP contribution in [0, 0.1) is 35.5 Å². The Bertz CT molecular complexity index is 941. The van der Waals surface area contributed by atoms with Crippen LogP contribution in [0.15, 0.2) is 0 Å². The topological polar surface area (TPSA) is 73.8 Å². The van der Waals surface area contributed by atoms with E-state index in [4.69, 9.17) is 32.9 Å². The van der Waals surface area contributed by atoms with Crippen molar-refractivity contribution in [2.24, 2.45) is 35.5 Å². The summed E-state index contributed by atoms with van der Waals surface area (Å²) in [5.74, 6) is 4.87. The lowest BCUT2D eigenvalue weighted by molar-refractivity contribution is 0.221. The Morgan fingerprint density at radius 1 is 0.524 bits per heavy atom. The minimum Gasteiger partial charge on any atom is -0.420 e. The van der Waals surface area contributed by atoms with Crippen molar-refractivity contribution in [3.05, 3.63) is 0 Å². The molecule has 4 saturated carbocycles. The molecule has 0 N–H and O–H groups in total. The number of fused-ring (bicyclic) bond motifs is 4. The maximum absolute atomic E-state index is 6.99. The van der Waals surface area contributed by atoms with Gasteiger partial charge in [0.25, 0.3) is 27.9 Å². The van der Waals surface area contributed by atoms with Gasteiger partial charge in [-0.05, 0) is 139 Å². The van der Waals surface area contributed by atoms with E-state index < -0.39 is 72.1 Å². The minimum atomic E-state index is -2.34. The van der Waals surface area contributed by atoms with E-state index in [0.29, 0.717) is 11.1 Å². The maximum atomic E-state index is 6.99. The molecule has 0 spiro atoms. The summed E-state index contributed by atoms with van der Waals surface area (Å²) in [7, 11) is -15.7. The zero-order valence-corrected chi connectivity index (χ0v) is 36.4. The summed E-state index contributed by atoms with van der Waals surface area (Å²) >= 11 is 0. The van der Waals surface area contributed by atoms with E-state index in [9.17, 15) is 0 Å². The minimum absolute atomic E-state index is 0.579. The highest BCUT2D eigenvalue weighted by atomic mass is 28.5. The molecule has 2 saturated heterocycles. The van der Waals surface area contributed by atoms with Crippen molar-refractivity contribution in [3.8, 4) is 0 Å². The van der Waals surface area contributed by atoms with Crippen molar-refractivity contribution < 1.29 is 32.9 Å². The molecule has 2 heterocycles. The van der Waals surface area contributed by atoms with Crippen molar-refractivity contribution in [1.29, 1.82) is 0 Å². The largest absolute Gasteiger partial charge is 0.420 e. The third-order valence-corrected chi connectivity index (χ3v) is 42.9. The van der Waals surface area contributed by atoms with Crippen LogP contribution in [0.25, 0.3) is 0 Å². The monoisotopic (exact) mass is 722 g/mol. The van der Waals surface area contributed by atoms with Crippen LogP contribution in [0.1, 0.15) is 58.3 Å². The van der Waals surface area contributed by atoms with Crippen molar-refractivity contribution in [2.75, 3.05) is 0 Å². The van der Waals surface area contributed by atoms with Crippen molar-refractivity contribution in [2.45, 2.75) is 128 Å². The van der Waals surface area contributed by atoms with Crippen molar-refractivity contribution >= 4 is 72.1 Å². The second-order valence-corrected chi connectivity index (χ2v) is 36.9. The van der Waals surface area contributed by atoms with Gasteiger partial charge in [-0.15, -0.1) is 0 Å². The number of rotatable bonds is 6. The number of hydrogen-bond acceptors (Lipinski definition) is 8. The molecule has 12 atom stereocenters. The first-order valence-electron chi connectivity index (χ1n) is 17.2. The molecule has 6 aliphatic rings. The molecule has 242 valence electrons. The van der Waals surface area contributed by atoms with Crippen LogP contribution in [0.3, 0.4) is 0 Å². The molecule has 4 bridgehead atoms. The Kier molecular flexibility index (Phi) is 10.1. The summed E-state index contributed by atoms with van der Waals surface area (Å²) in [6.45, 7) is 20.3. The second-order valence-electron chi connectivity index (χ2n) is 15.1. The first kappa shape index (κ1) is 33.3. The van der Waals surface area contributed by atoms with E-state index in [2.05, 4.69) is 59.3 Å². The molecule has 0 radical (unpaired) electrons. The SMILES string of the molecule is CCC1CC2CC1CC2[Si]1(C)O[SiH](C)O[Si](C)(CCC2CC3CC2CC3[Si]2(C)O[SiH](C)O[SiH](C)O[SiH](C)O2)O[SiH](C)O1. The summed E-state index contributed by atoms with van der Waals surface area (Å²) in [4.78, 5) is 0. The lowest BCUT2D eigenvalue weighted by Crippen LogP contribution is -2.60. The van der Waals surface area contributed by atoms with Crippen LogP contribution >= 0.6 is 0 Å². The van der Waals surface area contributed by atoms with Crippen molar-refractivity contribution in [3.63, 3.8) is 0 Å². The predicted octanol–water partition coefficient (Wildman–Crippen LogP) is 5.25. The molecule has 0 aromatic rings. The van der Waals surface area contributed by atoms with Gasteiger partial charge in [0.2, 0.25) is 0 Å². The van der Waals surface area contributed by atoms with E-state index >= 15 is 0 Å². The van der Waals surface area contributed by atoms with E-state index in [1.54, 1.807) is 0 Å². The van der Waals surface area contributed by atoms with Crippen LogP contribution in [0.2, 0.25) is 69.5 Å². The molecular weight excluding hydrogens is 665 g/mol. The zero-order chi connectivity index (χ0) is 30.0. The van der Waals surface area contributed by atoms with Crippen molar-refractivity contribution in [1.82, 2.24) is 0 Å². The fourth-order valence-corrected chi connectivity index (χ4v) is 45.2. The Labute approximate surface area is 267 Å². The fraction of sp³-hybridized carbons (Fsp3) is 1.00. The molecule has 12 unspecified atom stereocenters. The second kappa shape index (κ2) is 12.8. The molecule has 8 nitrogen and oxygen atoms in total. The van der Waals surface area contributed by atoms with Gasteiger partial charge >= 0.3 is 44.3 Å². The molecule has 4 aliphatic carbocycles. The normalized spacial score (nSPS) is 56.6. The Morgan fingerprint density at radius 2 is 0.976 bits per heavy atom. The molecular formula is C26H58O8Si8. The molecule has 42 heavy (non-hydrogen) atoms. The molecule has 0 aromatic heterocycles. The van der Waals surface area contributed by atoms with E-state index in [0.717, 1.165) is 41.6 Å². The van der Waals surface area contributed by atoms with Crippen LogP contribution < -0.4 is 0 Å². The van der Waals surface area contributed by atoms with Gasteiger partial charge in [-0.3, -0.25) is 0 Å². The van der Waals surface area contributed by atoms with Gasteiger partial charge in [-0.2, -0.15) is 0 Å². The third-order valence-electron chi connectivity index (χ3n) is 12.0. The van der Waals surface area contributed by atoms with Crippen LogP contribution in [-0.2, 0) is 32.9 Å². The average molecular weight is 723 g/mol. The Balaban J connectivity index is 1.04. The van der Waals surface area contributed by atoms with E-state index in [1.165, 1.54) is 51.4 Å². The molecule has 16 heteroatoms. The van der Waals surface area contributed by atoms with Gasteiger partial charge in [0.15, 0.2) is 0 Å². The lowest BCUT2D eigenvalue weighted by atomic mass is 9.86. The van der Waals surface area contributed by atoms with E-state index in [-0.39, 0.29) is 0 Å². The van der Waals surface area contributed by atoms with Crippen LogP contribution in [0.5, 0.6) is 0 Å². The molecule has 2 aliphatic heterocycles. The standard InChI is InChI=1S/C26H58O8Si8/c1-10-19-13-23-15-21(19)17-25(23)42(9)33-38(5)29-40(7,30-39(6)34-42)12-11-20-14-24-16-22(20)18-26(24)41(8)31-36(3)27-35(2)28-37(4)32-41/h19-26,35-39H,10-18H2,1-9H3. The molecule has 0 amide bonds. The van der Waals surface area contributed by atoms with Gasteiger partial charge in [0.05, 0.1) is 0 Å². The first-order valence-corrected chi connectivity index (χ1v) is 35.0.